The highest BCUT2D eigenvalue weighted by Crippen LogP contribution is 2.43. The van der Waals surface area contributed by atoms with E-state index >= 15 is 0 Å². The number of ether oxygens (including phenoxy) is 2. The number of aromatic nitrogens is 2. The third-order valence-electron chi connectivity index (χ3n) is 7.85. The summed E-state index contributed by atoms with van der Waals surface area (Å²) >= 11 is 0. The quantitative estimate of drug-likeness (QED) is 0.260. The molecule has 3 aliphatic rings. The molecule has 0 bridgehead atoms. The van der Waals surface area contributed by atoms with Gasteiger partial charge in [-0.2, -0.15) is 0 Å². The number of benzene rings is 1. The molecule has 6 rings (SSSR count). The lowest BCUT2D eigenvalue weighted by molar-refractivity contribution is -0.172. The Morgan fingerprint density at radius 3 is 2.72 bits per heavy atom. The highest BCUT2D eigenvalue weighted by Gasteiger charge is 2.45. The highest BCUT2D eigenvalue weighted by atomic mass is 16.6. The number of carbonyl (C=O) groups excluding carboxylic acids is 2. The van der Waals surface area contributed by atoms with E-state index in [4.69, 9.17) is 19.6 Å². The first-order valence-electron chi connectivity index (χ1n) is 12.6. The van der Waals surface area contributed by atoms with Gasteiger partial charge in [0.05, 0.1) is 34.6 Å². The van der Waals surface area contributed by atoms with Crippen LogP contribution in [0.2, 0.25) is 0 Å². The lowest BCUT2D eigenvalue weighted by Gasteiger charge is -2.31. The number of anilines is 1. The SMILES string of the molecule is C=C(COC(=O)Nc1ccc2nc3c(c4c2c1CCC4)Cn1c-3cc2c(c1=O)COC(=O)[C@]2(O)CC)C(=O)O. The van der Waals surface area contributed by atoms with Crippen LogP contribution in [0.1, 0.15) is 47.6 Å². The van der Waals surface area contributed by atoms with Crippen LogP contribution >= 0.6 is 0 Å². The predicted octanol–water partition coefficient (Wildman–Crippen LogP) is 2.76. The van der Waals surface area contributed by atoms with Crippen molar-refractivity contribution in [2.75, 3.05) is 11.9 Å². The molecule has 3 N–H and O–H groups in total. The van der Waals surface area contributed by atoms with Crippen molar-refractivity contribution in [3.05, 3.63) is 68.5 Å². The minimum absolute atomic E-state index is 0.0664. The molecule has 1 aromatic carbocycles. The molecule has 3 aromatic rings. The number of hydrogen-bond acceptors (Lipinski definition) is 8. The maximum Gasteiger partial charge on any atom is 0.411 e. The molecular formula is C28H25N3O8. The van der Waals surface area contributed by atoms with Crippen LogP contribution in [0.5, 0.6) is 0 Å². The summed E-state index contributed by atoms with van der Waals surface area (Å²) in [7, 11) is 0. The number of nitrogens with zero attached hydrogens (tertiary/aromatic N) is 2. The van der Waals surface area contributed by atoms with Crippen molar-refractivity contribution in [2.45, 2.75) is 51.4 Å². The number of carbonyl (C=O) groups is 3. The second kappa shape index (κ2) is 8.77. The van der Waals surface area contributed by atoms with Crippen molar-refractivity contribution in [3.8, 4) is 11.4 Å². The Morgan fingerprint density at radius 1 is 1.21 bits per heavy atom. The summed E-state index contributed by atoms with van der Waals surface area (Å²) in [6.45, 7) is 4.68. The number of carboxylic acid groups (broad SMARTS) is 1. The molecule has 0 radical (unpaired) electrons. The first-order valence-corrected chi connectivity index (χ1v) is 12.6. The third-order valence-corrected chi connectivity index (χ3v) is 7.85. The fourth-order valence-electron chi connectivity index (χ4n) is 5.80. The second-order valence-electron chi connectivity index (χ2n) is 9.97. The molecule has 11 nitrogen and oxygen atoms in total. The number of esters is 1. The molecule has 200 valence electrons. The molecule has 2 aromatic heterocycles. The molecular weight excluding hydrogens is 506 g/mol. The minimum Gasteiger partial charge on any atom is -0.478 e. The van der Waals surface area contributed by atoms with Crippen LogP contribution in [0, 0.1) is 0 Å². The smallest absolute Gasteiger partial charge is 0.411 e. The van der Waals surface area contributed by atoms with E-state index < -0.39 is 30.2 Å². The van der Waals surface area contributed by atoms with E-state index in [1.807, 2.05) is 0 Å². The number of rotatable bonds is 5. The molecule has 2 aliphatic heterocycles. The summed E-state index contributed by atoms with van der Waals surface area (Å²) < 4.78 is 11.8. The molecule has 11 heteroatoms. The maximum absolute atomic E-state index is 13.5. The number of aryl methyl sites for hydroxylation is 2. The van der Waals surface area contributed by atoms with Gasteiger partial charge in [-0.3, -0.25) is 10.1 Å². The monoisotopic (exact) mass is 531 g/mol. The average molecular weight is 532 g/mol. The number of carboxylic acids is 1. The van der Waals surface area contributed by atoms with Gasteiger partial charge in [0.1, 0.15) is 13.2 Å². The van der Waals surface area contributed by atoms with Crippen LogP contribution in [0.3, 0.4) is 0 Å². The van der Waals surface area contributed by atoms with Crippen molar-refractivity contribution in [2.24, 2.45) is 0 Å². The second-order valence-corrected chi connectivity index (χ2v) is 9.97. The van der Waals surface area contributed by atoms with Crippen molar-refractivity contribution in [1.82, 2.24) is 9.55 Å². The zero-order valence-electron chi connectivity index (χ0n) is 21.1. The molecule has 1 amide bonds. The fourth-order valence-corrected chi connectivity index (χ4v) is 5.80. The number of nitrogens with one attached hydrogen (secondary N) is 1. The lowest BCUT2D eigenvalue weighted by Crippen LogP contribution is -2.44. The van der Waals surface area contributed by atoms with E-state index in [0.717, 1.165) is 34.9 Å². The van der Waals surface area contributed by atoms with Gasteiger partial charge < -0.3 is 24.3 Å². The lowest BCUT2D eigenvalue weighted by atomic mass is 9.85. The number of amides is 1. The van der Waals surface area contributed by atoms with Gasteiger partial charge >= 0.3 is 18.0 Å². The highest BCUT2D eigenvalue weighted by molar-refractivity contribution is 5.98. The first-order chi connectivity index (χ1) is 18.6. The van der Waals surface area contributed by atoms with Gasteiger partial charge in [0.15, 0.2) is 5.60 Å². The zero-order valence-corrected chi connectivity index (χ0v) is 21.1. The topological polar surface area (TPSA) is 157 Å². The number of hydrogen-bond donors (Lipinski definition) is 3. The number of aliphatic carboxylic acids is 1. The molecule has 4 heterocycles. The minimum atomic E-state index is -1.89. The number of pyridine rings is 2. The van der Waals surface area contributed by atoms with E-state index in [0.29, 0.717) is 35.6 Å². The molecule has 0 spiro atoms. The fraction of sp³-hybridized carbons (Fsp3) is 0.321. The Labute approximate surface area is 221 Å². The van der Waals surface area contributed by atoms with Crippen molar-refractivity contribution >= 4 is 34.6 Å². The van der Waals surface area contributed by atoms with Gasteiger partial charge in [-0.1, -0.05) is 13.5 Å². The van der Waals surface area contributed by atoms with E-state index in [-0.39, 0.29) is 35.3 Å². The first kappa shape index (κ1) is 24.8. The summed E-state index contributed by atoms with van der Waals surface area (Å²) in [5, 5.41) is 23.6. The molecule has 0 saturated carbocycles. The largest absolute Gasteiger partial charge is 0.478 e. The van der Waals surface area contributed by atoms with E-state index in [2.05, 4.69) is 11.9 Å². The normalized spacial score (nSPS) is 18.6. The summed E-state index contributed by atoms with van der Waals surface area (Å²) in [6, 6.07) is 5.19. The van der Waals surface area contributed by atoms with Crippen LogP contribution in [-0.4, -0.2) is 44.4 Å². The van der Waals surface area contributed by atoms with Gasteiger partial charge in [0.2, 0.25) is 0 Å². The predicted molar refractivity (Wildman–Crippen MR) is 138 cm³/mol. The van der Waals surface area contributed by atoms with Gasteiger partial charge in [-0.25, -0.2) is 19.4 Å². The van der Waals surface area contributed by atoms with E-state index in [1.165, 1.54) is 0 Å². The van der Waals surface area contributed by atoms with E-state index in [1.54, 1.807) is 29.7 Å². The summed E-state index contributed by atoms with van der Waals surface area (Å²) in [5.74, 6) is -2.01. The Bertz CT molecular complexity index is 1710. The Morgan fingerprint density at radius 2 is 1.97 bits per heavy atom. The van der Waals surface area contributed by atoms with Crippen molar-refractivity contribution in [3.63, 3.8) is 0 Å². The van der Waals surface area contributed by atoms with Gasteiger partial charge in [0, 0.05) is 22.2 Å². The van der Waals surface area contributed by atoms with Crippen LogP contribution < -0.4 is 10.9 Å². The van der Waals surface area contributed by atoms with Crippen molar-refractivity contribution in [1.29, 1.82) is 0 Å². The van der Waals surface area contributed by atoms with Crippen LogP contribution in [0.4, 0.5) is 10.5 Å². The number of cyclic esters (lactones) is 1. The number of fused-ring (bicyclic) bond motifs is 5. The van der Waals surface area contributed by atoms with Crippen molar-refractivity contribution < 1.29 is 34.1 Å². The van der Waals surface area contributed by atoms with Gasteiger partial charge in [-0.15, -0.1) is 0 Å². The summed E-state index contributed by atoms with van der Waals surface area (Å²) in [4.78, 5) is 54.1. The maximum atomic E-state index is 13.5. The number of aliphatic hydroxyl groups is 1. The van der Waals surface area contributed by atoms with Gasteiger partial charge in [-0.05, 0) is 55.0 Å². The van der Waals surface area contributed by atoms with Gasteiger partial charge in [0.25, 0.3) is 5.56 Å². The zero-order chi connectivity index (χ0) is 27.6. The Hall–Kier alpha value is -4.51. The van der Waals surface area contributed by atoms with Crippen LogP contribution in [0.15, 0.2) is 35.1 Å². The van der Waals surface area contributed by atoms with E-state index in [9.17, 15) is 24.3 Å². The van der Waals surface area contributed by atoms with Crippen LogP contribution in [-0.2, 0) is 50.7 Å². The summed E-state index contributed by atoms with van der Waals surface area (Å²) in [5.41, 5.74) is 3.32. The van der Waals surface area contributed by atoms with Crippen LogP contribution in [0.25, 0.3) is 22.3 Å². The molecule has 0 unspecified atom stereocenters. The summed E-state index contributed by atoms with van der Waals surface area (Å²) in [6.07, 6.45) is 1.52. The molecule has 0 fully saturated rings. The Balaban J connectivity index is 1.44. The molecule has 1 aliphatic carbocycles. The molecule has 39 heavy (non-hydrogen) atoms. The Kier molecular flexibility index (Phi) is 5.58. The molecule has 0 saturated heterocycles. The third kappa shape index (κ3) is 3.64. The molecule has 1 atom stereocenters. The average Bonchev–Trinajstić information content (AvgIpc) is 3.30. The standard InChI is InChI=1S/C28H25N3O8/c1-3-28(37)18-9-21-23-16(10-31(21)24(32)17(18)12-38-26(28)35)14-5-4-6-15-19(7-8-20(29-23)22(14)15)30-27(36)39-11-13(2)25(33)34/h7-9,37H,2-6,10-12H2,1H3,(H,30,36)(H,33,34)/t28-/m0/s1.